The molecule has 0 radical (unpaired) electrons. The molecule has 0 saturated carbocycles. The molecule has 0 saturated heterocycles. The summed E-state index contributed by atoms with van der Waals surface area (Å²) in [7, 11) is -2.76. The minimum Gasteiger partial charge on any atom is -0.489 e. The summed E-state index contributed by atoms with van der Waals surface area (Å²) in [6, 6.07) is 19.0. The van der Waals surface area contributed by atoms with E-state index in [1.165, 1.54) is 31.3 Å². The Balaban J connectivity index is 1.84. The lowest BCUT2D eigenvalue weighted by Gasteiger charge is -2.21. The van der Waals surface area contributed by atoms with Crippen LogP contribution in [-0.2, 0) is 21.4 Å². The first-order chi connectivity index (χ1) is 15.7. The number of carboxylic acid groups (broad SMARTS) is 1. The van der Waals surface area contributed by atoms with Crippen LogP contribution in [0.2, 0.25) is 0 Å². The van der Waals surface area contributed by atoms with E-state index in [1.54, 1.807) is 19.1 Å². The van der Waals surface area contributed by atoms with Gasteiger partial charge in [-0.2, -0.15) is 0 Å². The van der Waals surface area contributed by atoms with Gasteiger partial charge in [0, 0.05) is 7.05 Å². The number of anilines is 1. The van der Waals surface area contributed by atoms with Crippen LogP contribution in [0.25, 0.3) is 0 Å². The number of rotatable bonds is 9. The Hall–Kier alpha value is -3.85. The zero-order chi connectivity index (χ0) is 24.0. The van der Waals surface area contributed by atoms with E-state index in [4.69, 9.17) is 9.47 Å². The molecule has 3 aromatic rings. The van der Waals surface area contributed by atoms with E-state index in [2.05, 4.69) is 0 Å². The number of ether oxygens (including phenoxy) is 2. The summed E-state index contributed by atoms with van der Waals surface area (Å²) in [4.78, 5) is 23.6. The summed E-state index contributed by atoms with van der Waals surface area (Å²) in [5.74, 6) is -1.54. The Labute approximate surface area is 192 Å². The van der Waals surface area contributed by atoms with Crippen LogP contribution in [0.1, 0.15) is 33.2 Å². The lowest BCUT2D eigenvalue weighted by atomic mass is 10.1. The third-order valence-electron chi connectivity index (χ3n) is 4.77. The minimum absolute atomic E-state index is 0.0161. The van der Waals surface area contributed by atoms with Crippen molar-refractivity contribution >= 4 is 27.6 Å². The van der Waals surface area contributed by atoms with E-state index in [-0.39, 0.29) is 28.3 Å². The smallest absolute Gasteiger partial charge is 0.338 e. The maximum absolute atomic E-state index is 13.1. The SMILES string of the molecule is CCOC(=O)c1cc(C(=O)O)cc(N(C)S(=O)(=O)c2ccc(OCc3ccccc3)cc2)c1. The van der Waals surface area contributed by atoms with Crippen LogP contribution in [0.5, 0.6) is 5.75 Å². The van der Waals surface area contributed by atoms with Gasteiger partial charge in [-0.3, -0.25) is 4.31 Å². The van der Waals surface area contributed by atoms with Gasteiger partial charge in [-0.25, -0.2) is 18.0 Å². The molecular formula is C24H23NO7S. The maximum Gasteiger partial charge on any atom is 0.338 e. The first-order valence-corrected chi connectivity index (χ1v) is 11.5. The van der Waals surface area contributed by atoms with Crippen LogP contribution in [0.4, 0.5) is 5.69 Å². The van der Waals surface area contributed by atoms with Crippen molar-refractivity contribution in [3.8, 4) is 5.75 Å². The summed E-state index contributed by atoms with van der Waals surface area (Å²) in [6.07, 6.45) is 0. The lowest BCUT2D eigenvalue weighted by Crippen LogP contribution is -2.27. The van der Waals surface area contributed by atoms with Gasteiger partial charge in [-0.05, 0) is 55.0 Å². The van der Waals surface area contributed by atoms with Gasteiger partial charge in [0.2, 0.25) is 0 Å². The van der Waals surface area contributed by atoms with E-state index >= 15 is 0 Å². The number of esters is 1. The van der Waals surface area contributed by atoms with Crippen LogP contribution in [0, 0.1) is 0 Å². The maximum atomic E-state index is 13.1. The van der Waals surface area contributed by atoms with Gasteiger partial charge in [-0.1, -0.05) is 30.3 Å². The number of hydrogen-bond acceptors (Lipinski definition) is 6. The molecule has 172 valence electrons. The topological polar surface area (TPSA) is 110 Å². The Morgan fingerprint density at radius 1 is 0.939 bits per heavy atom. The van der Waals surface area contributed by atoms with Crippen molar-refractivity contribution in [3.63, 3.8) is 0 Å². The largest absolute Gasteiger partial charge is 0.489 e. The normalized spacial score (nSPS) is 11.0. The van der Waals surface area contributed by atoms with E-state index < -0.39 is 22.0 Å². The van der Waals surface area contributed by atoms with Crippen LogP contribution in [0.15, 0.2) is 77.7 Å². The molecule has 0 amide bonds. The highest BCUT2D eigenvalue weighted by molar-refractivity contribution is 7.92. The standard InChI is InChI=1S/C24H23NO7S/c1-3-31-24(28)19-13-18(23(26)27)14-20(15-19)25(2)33(29,30)22-11-9-21(10-12-22)32-16-17-7-5-4-6-8-17/h4-15H,3,16H2,1-2H3,(H,26,27). The first kappa shape index (κ1) is 23.8. The highest BCUT2D eigenvalue weighted by Crippen LogP contribution is 2.26. The molecule has 0 aromatic heterocycles. The number of carbonyl (C=O) groups is 2. The zero-order valence-corrected chi connectivity index (χ0v) is 18.9. The number of carboxylic acids is 1. The third kappa shape index (κ3) is 5.69. The molecule has 8 nitrogen and oxygen atoms in total. The highest BCUT2D eigenvalue weighted by Gasteiger charge is 2.24. The van der Waals surface area contributed by atoms with Crippen LogP contribution >= 0.6 is 0 Å². The molecule has 0 atom stereocenters. The van der Waals surface area contributed by atoms with Crippen molar-refractivity contribution in [3.05, 3.63) is 89.5 Å². The second-order valence-corrected chi connectivity index (χ2v) is 8.98. The molecule has 1 N–H and O–H groups in total. The molecule has 3 rings (SSSR count). The second kappa shape index (κ2) is 10.2. The molecule has 0 heterocycles. The van der Waals surface area contributed by atoms with Crippen molar-refractivity contribution in [1.29, 1.82) is 0 Å². The van der Waals surface area contributed by atoms with Crippen LogP contribution in [-0.4, -0.2) is 39.1 Å². The number of nitrogens with zero attached hydrogens (tertiary/aromatic N) is 1. The first-order valence-electron chi connectivity index (χ1n) is 10.0. The van der Waals surface area contributed by atoms with Gasteiger partial charge in [0.25, 0.3) is 10.0 Å². The molecule has 0 aliphatic heterocycles. The van der Waals surface area contributed by atoms with Gasteiger partial charge in [0.05, 0.1) is 28.3 Å². The van der Waals surface area contributed by atoms with E-state index in [0.717, 1.165) is 15.9 Å². The molecule has 9 heteroatoms. The monoisotopic (exact) mass is 469 g/mol. The van der Waals surface area contributed by atoms with Gasteiger partial charge in [0.1, 0.15) is 12.4 Å². The Morgan fingerprint density at radius 2 is 1.58 bits per heavy atom. The molecule has 0 aliphatic carbocycles. The summed E-state index contributed by atoms with van der Waals surface area (Å²) >= 11 is 0. The number of benzene rings is 3. The molecule has 0 bridgehead atoms. The van der Waals surface area contributed by atoms with E-state index in [1.807, 2.05) is 30.3 Å². The molecule has 0 unspecified atom stereocenters. The Morgan fingerprint density at radius 3 is 2.18 bits per heavy atom. The third-order valence-corrected chi connectivity index (χ3v) is 6.57. The zero-order valence-electron chi connectivity index (χ0n) is 18.1. The van der Waals surface area contributed by atoms with Gasteiger partial charge >= 0.3 is 11.9 Å². The second-order valence-electron chi connectivity index (χ2n) is 7.01. The van der Waals surface area contributed by atoms with Crippen LogP contribution < -0.4 is 9.04 Å². The fourth-order valence-electron chi connectivity index (χ4n) is 2.99. The van der Waals surface area contributed by atoms with Gasteiger partial charge in [0.15, 0.2) is 0 Å². The van der Waals surface area contributed by atoms with Crippen molar-refractivity contribution in [2.45, 2.75) is 18.4 Å². The molecule has 0 spiro atoms. The average molecular weight is 470 g/mol. The van der Waals surface area contributed by atoms with Crippen molar-refractivity contribution in [1.82, 2.24) is 0 Å². The molecule has 3 aromatic carbocycles. The summed E-state index contributed by atoms with van der Waals surface area (Å²) in [5.41, 5.74) is 0.702. The van der Waals surface area contributed by atoms with E-state index in [0.29, 0.717) is 12.4 Å². The predicted molar refractivity (Wildman–Crippen MR) is 122 cm³/mol. The minimum atomic E-state index is -4.04. The fraction of sp³-hybridized carbons (Fsp3) is 0.167. The van der Waals surface area contributed by atoms with Crippen molar-refractivity contribution < 1.29 is 32.6 Å². The number of sulfonamides is 1. The highest BCUT2D eigenvalue weighted by atomic mass is 32.2. The average Bonchev–Trinajstić information content (AvgIpc) is 2.83. The fourth-order valence-corrected chi connectivity index (χ4v) is 4.17. The van der Waals surface area contributed by atoms with E-state index in [9.17, 15) is 23.1 Å². The van der Waals surface area contributed by atoms with Crippen molar-refractivity contribution in [2.75, 3.05) is 18.0 Å². The molecule has 33 heavy (non-hydrogen) atoms. The number of carbonyl (C=O) groups excluding carboxylic acids is 1. The van der Waals surface area contributed by atoms with Crippen molar-refractivity contribution in [2.24, 2.45) is 0 Å². The quantitative estimate of drug-likeness (QED) is 0.472. The summed E-state index contributed by atoms with van der Waals surface area (Å²) in [6.45, 7) is 2.05. The van der Waals surface area contributed by atoms with Gasteiger partial charge < -0.3 is 14.6 Å². The lowest BCUT2D eigenvalue weighted by molar-refractivity contribution is 0.0526. The van der Waals surface area contributed by atoms with Crippen LogP contribution in [0.3, 0.4) is 0 Å². The summed E-state index contributed by atoms with van der Waals surface area (Å²) in [5, 5.41) is 9.38. The Bertz CT molecular complexity index is 1240. The summed E-state index contributed by atoms with van der Waals surface area (Å²) < 4.78 is 37.8. The molecule has 0 aliphatic rings. The number of hydrogen-bond donors (Lipinski definition) is 1. The number of aromatic carboxylic acids is 1. The molecule has 0 fully saturated rings. The predicted octanol–water partition coefficient (Wildman–Crippen LogP) is 3.97. The Kier molecular flexibility index (Phi) is 7.34. The van der Waals surface area contributed by atoms with Gasteiger partial charge in [-0.15, -0.1) is 0 Å². The molecular weight excluding hydrogens is 446 g/mol.